The smallest absolute Gasteiger partial charge is 0.195 e. The zero-order valence-corrected chi connectivity index (χ0v) is 17.3. The van der Waals surface area contributed by atoms with Crippen molar-refractivity contribution < 1.29 is 14.3 Å². The largest absolute Gasteiger partial charge is 0.493 e. The van der Waals surface area contributed by atoms with Crippen LogP contribution < -0.4 is 4.74 Å². The standard InChI is InChI=1S/C23H19BrN2O3/c24-7-10-29-15-2-4-16-18(12-15)23(5-8-28-9-6-23)22-20(21(16)27)17-3-1-14(13-25)11-19(17)26-22/h1-4,11-12,26H,5-10H2. The molecule has 2 heterocycles. The Morgan fingerprint density at radius 1 is 1.21 bits per heavy atom. The third-order valence-electron chi connectivity index (χ3n) is 6.08. The molecule has 1 aromatic heterocycles. The molecular weight excluding hydrogens is 432 g/mol. The highest BCUT2D eigenvalue weighted by Gasteiger charge is 2.46. The van der Waals surface area contributed by atoms with E-state index in [2.05, 4.69) is 27.0 Å². The Kier molecular flexibility index (Phi) is 4.45. The van der Waals surface area contributed by atoms with Crippen LogP contribution in [0.25, 0.3) is 10.9 Å². The van der Waals surface area contributed by atoms with Gasteiger partial charge in [-0.1, -0.05) is 22.0 Å². The van der Waals surface area contributed by atoms with Crippen molar-refractivity contribution in [3.63, 3.8) is 0 Å². The number of benzene rings is 2. The molecule has 1 aliphatic carbocycles. The Hall–Kier alpha value is -2.62. The fraction of sp³-hybridized carbons (Fsp3) is 0.304. The number of nitrogens with one attached hydrogen (secondary N) is 1. The summed E-state index contributed by atoms with van der Waals surface area (Å²) in [4.78, 5) is 17.0. The zero-order chi connectivity index (χ0) is 20.0. The lowest BCUT2D eigenvalue weighted by molar-refractivity contribution is 0.0601. The Morgan fingerprint density at radius 2 is 2.03 bits per heavy atom. The molecule has 146 valence electrons. The molecule has 1 N–H and O–H groups in total. The SMILES string of the molecule is N#Cc1ccc2c3c([nH]c2c1)C1(CCOCC1)c1cc(OCCBr)ccc1C3=O. The van der Waals surface area contributed by atoms with E-state index in [0.717, 1.165) is 57.2 Å². The number of H-pyrrole nitrogens is 1. The average Bonchev–Trinajstić information content (AvgIpc) is 3.16. The molecule has 2 aromatic carbocycles. The summed E-state index contributed by atoms with van der Waals surface area (Å²) in [6.07, 6.45) is 1.58. The minimum Gasteiger partial charge on any atom is -0.493 e. The summed E-state index contributed by atoms with van der Waals surface area (Å²) in [5.74, 6) is 0.795. The Labute approximate surface area is 176 Å². The van der Waals surface area contributed by atoms with Crippen molar-refractivity contribution in [2.24, 2.45) is 0 Å². The van der Waals surface area contributed by atoms with Crippen molar-refractivity contribution in [3.8, 4) is 11.8 Å². The second-order valence-electron chi connectivity index (χ2n) is 7.52. The van der Waals surface area contributed by atoms with Crippen molar-refractivity contribution in [1.82, 2.24) is 4.98 Å². The summed E-state index contributed by atoms with van der Waals surface area (Å²) in [7, 11) is 0. The molecule has 3 aromatic rings. The van der Waals surface area contributed by atoms with Crippen LogP contribution in [0.15, 0.2) is 36.4 Å². The van der Waals surface area contributed by atoms with E-state index in [-0.39, 0.29) is 11.2 Å². The number of aromatic amines is 1. The monoisotopic (exact) mass is 450 g/mol. The quantitative estimate of drug-likeness (QED) is 0.597. The number of alkyl halides is 1. The first kappa shape index (κ1) is 18.4. The number of carbonyl (C=O) groups is 1. The first-order chi connectivity index (χ1) is 14.2. The van der Waals surface area contributed by atoms with Gasteiger partial charge in [0.25, 0.3) is 0 Å². The number of halogens is 1. The van der Waals surface area contributed by atoms with Gasteiger partial charge < -0.3 is 14.5 Å². The summed E-state index contributed by atoms with van der Waals surface area (Å²) in [5, 5.41) is 10.9. The highest BCUT2D eigenvalue weighted by Crippen LogP contribution is 2.50. The van der Waals surface area contributed by atoms with E-state index in [1.807, 2.05) is 30.3 Å². The van der Waals surface area contributed by atoms with Crippen LogP contribution in [0.5, 0.6) is 5.75 Å². The Morgan fingerprint density at radius 3 is 2.79 bits per heavy atom. The number of rotatable bonds is 3. The van der Waals surface area contributed by atoms with E-state index < -0.39 is 0 Å². The van der Waals surface area contributed by atoms with E-state index in [1.54, 1.807) is 6.07 Å². The number of nitrogens with zero attached hydrogens (tertiary/aromatic N) is 1. The maximum Gasteiger partial charge on any atom is 0.195 e. The van der Waals surface area contributed by atoms with E-state index in [4.69, 9.17) is 9.47 Å². The third kappa shape index (κ3) is 2.72. The number of hydrogen-bond donors (Lipinski definition) is 1. The summed E-state index contributed by atoms with van der Waals surface area (Å²) in [5.41, 5.74) is 4.50. The number of nitriles is 1. The Bertz CT molecular complexity index is 1170. The van der Waals surface area contributed by atoms with Crippen molar-refractivity contribution in [3.05, 3.63) is 64.3 Å². The topological polar surface area (TPSA) is 75.1 Å². The number of fused-ring (bicyclic) bond motifs is 6. The van der Waals surface area contributed by atoms with Gasteiger partial charge in [0.2, 0.25) is 0 Å². The molecule has 1 aliphatic heterocycles. The van der Waals surface area contributed by atoms with Crippen LogP contribution in [0, 0.1) is 11.3 Å². The van der Waals surface area contributed by atoms with Crippen LogP contribution in [-0.2, 0) is 10.2 Å². The van der Waals surface area contributed by atoms with Gasteiger partial charge in [0.1, 0.15) is 5.75 Å². The van der Waals surface area contributed by atoms with E-state index >= 15 is 0 Å². The van der Waals surface area contributed by atoms with Crippen LogP contribution in [0.2, 0.25) is 0 Å². The van der Waals surface area contributed by atoms with Crippen molar-refractivity contribution in [1.29, 1.82) is 5.26 Å². The van der Waals surface area contributed by atoms with E-state index in [9.17, 15) is 10.1 Å². The molecule has 0 amide bonds. The molecule has 5 rings (SSSR count). The molecule has 0 bridgehead atoms. The number of hydrogen-bond acceptors (Lipinski definition) is 4. The van der Waals surface area contributed by atoms with Gasteiger partial charge in [-0.2, -0.15) is 5.26 Å². The second kappa shape index (κ2) is 7.01. The normalized spacial score (nSPS) is 17.0. The first-order valence-electron chi connectivity index (χ1n) is 9.70. The van der Waals surface area contributed by atoms with Crippen LogP contribution in [0.3, 0.4) is 0 Å². The molecule has 1 saturated heterocycles. The van der Waals surface area contributed by atoms with Crippen LogP contribution in [0.4, 0.5) is 0 Å². The number of ether oxygens (including phenoxy) is 2. The molecule has 1 spiro atoms. The summed E-state index contributed by atoms with van der Waals surface area (Å²) < 4.78 is 11.5. The highest BCUT2D eigenvalue weighted by atomic mass is 79.9. The lowest BCUT2D eigenvalue weighted by atomic mass is 9.64. The van der Waals surface area contributed by atoms with Crippen molar-refractivity contribution in [2.75, 3.05) is 25.2 Å². The average molecular weight is 451 g/mol. The van der Waals surface area contributed by atoms with Gasteiger partial charge in [0.05, 0.1) is 23.8 Å². The van der Waals surface area contributed by atoms with Gasteiger partial charge in [-0.15, -0.1) is 0 Å². The molecule has 29 heavy (non-hydrogen) atoms. The minimum absolute atomic E-state index is 0.0233. The van der Waals surface area contributed by atoms with Gasteiger partial charge >= 0.3 is 0 Å². The van der Waals surface area contributed by atoms with Gasteiger partial charge in [-0.3, -0.25) is 4.79 Å². The second-order valence-corrected chi connectivity index (χ2v) is 8.31. The molecule has 2 aliphatic rings. The summed E-state index contributed by atoms with van der Waals surface area (Å²) in [6.45, 7) is 1.84. The van der Waals surface area contributed by atoms with Crippen molar-refractivity contribution in [2.45, 2.75) is 18.3 Å². The molecule has 5 nitrogen and oxygen atoms in total. The minimum atomic E-state index is -0.323. The maximum atomic E-state index is 13.5. The Balaban J connectivity index is 1.77. The fourth-order valence-electron chi connectivity index (χ4n) is 4.73. The zero-order valence-electron chi connectivity index (χ0n) is 15.8. The van der Waals surface area contributed by atoms with E-state index in [0.29, 0.717) is 25.4 Å². The van der Waals surface area contributed by atoms with Crippen LogP contribution in [0.1, 0.15) is 45.6 Å². The van der Waals surface area contributed by atoms with Gasteiger partial charge in [-0.25, -0.2) is 0 Å². The number of aromatic nitrogens is 1. The fourth-order valence-corrected chi connectivity index (χ4v) is 4.90. The maximum absolute atomic E-state index is 13.5. The molecule has 0 radical (unpaired) electrons. The van der Waals surface area contributed by atoms with Crippen molar-refractivity contribution >= 4 is 32.6 Å². The predicted molar refractivity (Wildman–Crippen MR) is 113 cm³/mol. The van der Waals surface area contributed by atoms with E-state index in [1.165, 1.54) is 0 Å². The summed E-state index contributed by atoms with van der Waals surface area (Å²) in [6, 6.07) is 13.4. The lowest BCUT2D eigenvalue weighted by Gasteiger charge is -2.41. The van der Waals surface area contributed by atoms with Crippen LogP contribution in [-0.4, -0.2) is 35.9 Å². The summed E-state index contributed by atoms with van der Waals surface area (Å²) >= 11 is 3.39. The molecular formula is C23H19BrN2O3. The molecule has 0 unspecified atom stereocenters. The highest BCUT2D eigenvalue weighted by molar-refractivity contribution is 9.09. The molecule has 6 heteroatoms. The molecule has 1 fully saturated rings. The van der Waals surface area contributed by atoms with Gasteiger partial charge in [0.15, 0.2) is 5.78 Å². The third-order valence-corrected chi connectivity index (χ3v) is 6.40. The lowest BCUT2D eigenvalue weighted by Crippen LogP contribution is -2.40. The van der Waals surface area contributed by atoms with Gasteiger partial charge in [-0.05, 0) is 48.7 Å². The predicted octanol–water partition coefficient (Wildman–Crippen LogP) is 4.45. The molecule has 0 atom stereocenters. The van der Waals surface area contributed by atoms with Crippen LogP contribution >= 0.6 is 15.9 Å². The molecule has 0 saturated carbocycles. The number of carbonyl (C=O) groups excluding carboxylic acids is 1. The van der Waals surface area contributed by atoms with Gasteiger partial charge in [0, 0.05) is 46.1 Å². The number of ketones is 1. The first-order valence-corrected chi connectivity index (χ1v) is 10.8.